The fraction of sp³-hybridized carbons (Fsp3) is 0.391. The minimum Gasteiger partial charge on any atom is -0.349 e. The van der Waals surface area contributed by atoms with Crippen molar-refractivity contribution < 1.29 is 9.59 Å². The molecule has 0 bridgehead atoms. The average Bonchev–Trinajstić information content (AvgIpc) is 3.08. The molecule has 0 atom stereocenters. The lowest BCUT2D eigenvalue weighted by Crippen LogP contribution is -2.36. The Labute approximate surface area is 200 Å². The van der Waals surface area contributed by atoms with Crippen LogP contribution < -0.4 is 10.6 Å². The van der Waals surface area contributed by atoms with Crippen LogP contribution in [0.15, 0.2) is 29.6 Å². The maximum absolute atomic E-state index is 12.7. The molecule has 0 aliphatic heterocycles. The Morgan fingerprint density at radius 1 is 1.19 bits per heavy atom. The number of thiophene rings is 1. The number of aryl methyl sites for hydroxylation is 2. The standard InChI is InChI=1S/C23H25ClN4O2S2/c1-13-14(2)32-23-20(13)22(25-12-26-23)31-11-19(29)27-16-8-9-18(24)17(10-16)21(30)28-15-6-4-3-5-7-15/h8-10,12,15H,3-7,11H2,1-2H3,(H,27,29)(H,28,30). The number of hydrogen-bond donors (Lipinski definition) is 2. The Bertz CT molecular complexity index is 1160. The Kier molecular flexibility index (Phi) is 7.33. The van der Waals surface area contributed by atoms with E-state index < -0.39 is 0 Å². The molecule has 0 unspecified atom stereocenters. The predicted octanol–water partition coefficient (Wildman–Crippen LogP) is 5.75. The highest BCUT2D eigenvalue weighted by molar-refractivity contribution is 8.00. The zero-order chi connectivity index (χ0) is 22.7. The first-order valence-corrected chi connectivity index (χ1v) is 12.8. The number of fused-ring (bicyclic) bond motifs is 1. The minimum absolute atomic E-state index is 0.174. The van der Waals surface area contributed by atoms with Crippen molar-refractivity contribution in [3.8, 4) is 0 Å². The number of rotatable bonds is 6. The fourth-order valence-electron chi connectivity index (χ4n) is 3.88. The molecule has 3 aromatic rings. The molecule has 2 aromatic heterocycles. The molecule has 0 spiro atoms. The molecule has 0 radical (unpaired) electrons. The van der Waals surface area contributed by atoms with Crippen molar-refractivity contribution in [1.82, 2.24) is 15.3 Å². The van der Waals surface area contributed by atoms with Gasteiger partial charge in [0.1, 0.15) is 16.2 Å². The van der Waals surface area contributed by atoms with Crippen LogP contribution >= 0.6 is 34.7 Å². The molecule has 2 N–H and O–H groups in total. The predicted molar refractivity (Wildman–Crippen MR) is 132 cm³/mol. The second kappa shape index (κ2) is 10.2. The summed E-state index contributed by atoms with van der Waals surface area (Å²) >= 11 is 9.28. The fourth-order valence-corrected chi connectivity index (χ4v) is 6.00. The number of carbonyl (C=O) groups excluding carboxylic acids is 2. The zero-order valence-electron chi connectivity index (χ0n) is 18.0. The number of benzene rings is 1. The van der Waals surface area contributed by atoms with Crippen LogP contribution in [-0.2, 0) is 4.79 Å². The highest BCUT2D eigenvalue weighted by Gasteiger charge is 2.19. The minimum atomic E-state index is -0.195. The summed E-state index contributed by atoms with van der Waals surface area (Å²) in [6.45, 7) is 4.11. The van der Waals surface area contributed by atoms with Gasteiger partial charge in [0.25, 0.3) is 5.91 Å². The van der Waals surface area contributed by atoms with E-state index in [0.717, 1.165) is 46.5 Å². The first-order chi connectivity index (χ1) is 15.4. The van der Waals surface area contributed by atoms with Crippen molar-refractivity contribution in [1.29, 1.82) is 0 Å². The number of thioether (sulfide) groups is 1. The van der Waals surface area contributed by atoms with Crippen LogP contribution in [0, 0.1) is 13.8 Å². The molecular weight excluding hydrogens is 464 g/mol. The molecule has 0 saturated heterocycles. The summed E-state index contributed by atoms with van der Waals surface area (Å²) < 4.78 is 0. The van der Waals surface area contributed by atoms with Crippen LogP contribution in [0.1, 0.15) is 52.9 Å². The van der Waals surface area contributed by atoms with Crippen molar-refractivity contribution in [2.75, 3.05) is 11.1 Å². The second-order valence-corrected chi connectivity index (χ2v) is 10.6. The summed E-state index contributed by atoms with van der Waals surface area (Å²) in [6.07, 6.45) is 7.02. The van der Waals surface area contributed by atoms with E-state index in [-0.39, 0.29) is 23.6 Å². The summed E-state index contributed by atoms with van der Waals surface area (Å²) in [4.78, 5) is 36.1. The third-order valence-corrected chi connectivity index (χ3v) is 8.14. The molecule has 32 heavy (non-hydrogen) atoms. The van der Waals surface area contributed by atoms with Gasteiger partial charge in [-0.25, -0.2) is 9.97 Å². The molecule has 2 amide bonds. The van der Waals surface area contributed by atoms with Crippen LogP contribution in [0.2, 0.25) is 5.02 Å². The van der Waals surface area contributed by atoms with E-state index in [4.69, 9.17) is 11.6 Å². The van der Waals surface area contributed by atoms with Crippen molar-refractivity contribution in [2.24, 2.45) is 0 Å². The van der Waals surface area contributed by atoms with Crippen molar-refractivity contribution >= 4 is 62.4 Å². The van der Waals surface area contributed by atoms with E-state index in [1.54, 1.807) is 29.5 Å². The molecule has 1 aliphatic carbocycles. The summed E-state index contributed by atoms with van der Waals surface area (Å²) in [6, 6.07) is 5.18. The number of carbonyl (C=O) groups is 2. The Morgan fingerprint density at radius 3 is 2.75 bits per heavy atom. The molecule has 9 heteroatoms. The maximum atomic E-state index is 12.7. The number of amides is 2. The molecule has 2 heterocycles. The van der Waals surface area contributed by atoms with Gasteiger partial charge in [-0.05, 0) is 50.5 Å². The molecule has 168 valence electrons. The van der Waals surface area contributed by atoms with Gasteiger partial charge in [0.05, 0.1) is 16.3 Å². The highest BCUT2D eigenvalue weighted by Crippen LogP contribution is 2.34. The van der Waals surface area contributed by atoms with Crippen LogP contribution in [0.25, 0.3) is 10.2 Å². The number of hydrogen-bond acceptors (Lipinski definition) is 6. The molecule has 1 aliphatic rings. The summed E-state index contributed by atoms with van der Waals surface area (Å²) in [5.41, 5.74) is 2.08. The van der Waals surface area contributed by atoms with Gasteiger partial charge in [-0.2, -0.15) is 0 Å². The van der Waals surface area contributed by atoms with E-state index in [1.165, 1.54) is 29.4 Å². The van der Waals surface area contributed by atoms with E-state index in [0.29, 0.717) is 16.3 Å². The molecule has 4 rings (SSSR count). The lowest BCUT2D eigenvalue weighted by molar-refractivity contribution is -0.113. The monoisotopic (exact) mass is 488 g/mol. The molecule has 1 aromatic carbocycles. The van der Waals surface area contributed by atoms with Crippen molar-refractivity contribution in [3.05, 3.63) is 45.6 Å². The molecular formula is C23H25ClN4O2S2. The van der Waals surface area contributed by atoms with Gasteiger partial charge in [-0.15, -0.1) is 11.3 Å². The number of nitrogens with zero attached hydrogens (tertiary/aromatic N) is 2. The summed E-state index contributed by atoms with van der Waals surface area (Å²) in [5, 5.41) is 8.13. The normalized spacial score (nSPS) is 14.5. The Balaban J connectivity index is 1.40. The summed E-state index contributed by atoms with van der Waals surface area (Å²) in [5.74, 6) is -0.168. The molecule has 1 saturated carbocycles. The first-order valence-electron chi connectivity index (χ1n) is 10.7. The van der Waals surface area contributed by atoms with Crippen LogP contribution in [0.5, 0.6) is 0 Å². The first kappa shape index (κ1) is 23.0. The van der Waals surface area contributed by atoms with Gasteiger partial charge in [0, 0.05) is 22.0 Å². The third kappa shape index (κ3) is 5.24. The highest BCUT2D eigenvalue weighted by atomic mass is 35.5. The molecule has 1 fully saturated rings. The number of nitrogens with one attached hydrogen (secondary N) is 2. The third-order valence-electron chi connectivity index (χ3n) is 5.71. The van der Waals surface area contributed by atoms with Gasteiger partial charge >= 0.3 is 0 Å². The van der Waals surface area contributed by atoms with E-state index in [9.17, 15) is 9.59 Å². The smallest absolute Gasteiger partial charge is 0.253 e. The largest absolute Gasteiger partial charge is 0.349 e. The number of halogens is 1. The SMILES string of the molecule is Cc1sc2ncnc(SCC(=O)Nc3ccc(Cl)c(C(=O)NC4CCCCC4)c3)c2c1C. The lowest BCUT2D eigenvalue weighted by atomic mass is 9.95. The van der Waals surface area contributed by atoms with Gasteiger partial charge in [-0.3, -0.25) is 9.59 Å². The Morgan fingerprint density at radius 2 is 1.97 bits per heavy atom. The van der Waals surface area contributed by atoms with Gasteiger partial charge < -0.3 is 10.6 Å². The van der Waals surface area contributed by atoms with E-state index in [2.05, 4.69) is 34.4 Å². The van der Waals surface area contributed by atoms with Crippen LogP contribution in [0.4, 0.5) is 5.69 Å². The van der Waals surface area contributed by atoms with Crippen LogP contribution in [0.3, 0.4) is 0 Å². The van der Waals surface area contributed by atoms with Gasteiger partial charge in [0.2, 0.25) is 5.91 Å². The van der Waals surface area contributed by atoms with Crippen LogP contribution in [-0.4, -0.2) is 33.6 Å². The Hall–Kier alpha value is -2.16. The average molecular weight is 489 g/mol. The van der Waals surface area contributed by atoms with E-state index >= 15 is 0 Å². The van der Waals surface area contributed by atoms with Crippen molar-refractivity contribution in [2.45, 2.75) is 57.0 Å². The lowest BCUT2D eigenvalue weighted by Gasteiger charge is -2.23. The molecule has 6 nitrogen and oxygen atoms in total. The zero-order valence-corrected chi connectivity index (χ0v) is 20.4. The second-order valence-electron chi connectivity index (χ2n) is 7.98. The van der Waals surface area contributed by atoms with E-state index in [1.807, 2.05) is 0 Å². The maximum Gasteiger partial charge on any atom is 0.253 e. The number of anilines is 1. The number of aromatic nitrogens is 2. The van der Waals surface area contributed by atoms with Gasteiger partial charge in [0.15, 0.2) is 0 Å². The topological polar surface area (TPSA) is 84.0 Å². The van der Waals surface area contributed by atoms with Crippen molar-refractivity contribution in [3.63, 3.8) is 0 Å². The quantitative estimate of drug-likeness (QED) is 0.340. The van der Waals surface area contributed by atoms with Gasteiger partial charge in [-0.1, -0.05) is 42.6 Å². The summed E-state index contributed by atoms with van der Waals surface area (Å²) in [7, 11) is 0.